The van der Waals surface area contributed by atoms with Crippen molar-refractivity contribution >= 4 is 17.6 Å². The minimum Gasteiger partial charge on any atom is -0.448 e. The first-order chi connectivity index (χ1) is 9.99. The van der Waals surface area contributed by atoms with E-state index in [1.807, 2.05) is 32.0 Å². The number of hydrogen-bond acceptors (Lipinski definition) is 3. The van der Waals surface area contributed by atoms with Gasteiger partial charge in [-0.15, -0.1) is 0 Å². The van der Waals surface area contributed by atoms with Gasteiger partial charge in [0.15, 0.2) is 6.10 Å². The lowest BCUT2D eigenvalue weighted by molar-refractivity contribution is -0.123. The summed E-state index contributed by atoms with van der Waals surface area (Å²) >= 11 is 0. The van der Waals surface area contributed by atoms with Crippen molar-refractivity contribution < 1.29 is 14.3 Å². The summed E-state index contributed by atoms with van der Waals surface area (Å²) in [6, 6.07) is 9.04. The highest BCUT2D eigenvalue weighted by atomic mass is 16.5. The van der Waals surface area contributed by atoms with E-state index in [-0.39, 0.29) is 5.91 Å². The number of aromatic nitrogens is 1. The molecule has 0 aliphatic rings. The number of rotatable bonds is 4. The summed E-state index contributed by atoms with van der Waals surface area (Å²) in [4.78, 5) is 26.6. The molecule has 1 aromatic carbocycles. The number of carbonyl (C=O) groups excluding carboxylic acids is 2. The number of hydrogen-bond donors (Lipinski definition) is 2. The molecule has 0 radical (unpaired) electrons. The molecule has 110 valence electrons. The van der Waals surface area contributed by atoms with Crippen LogP contribution in [0.3, 0.4) is 0 Å². The van der Waals surface area contributed by atoms with Crippen LogP contribution in [0.25, 0.3) is 0 Å². The lowest BCUT2D eigenvalue weighted by Gasteiger charge is -2.15. The van der Waals surface area contributed by atoms with Crippen LogP contribution in [-0.4, -0.2) is 23.0 Å². The number of amides is 1. The van der Waals surface area contributed by atoms with Crippen molar-refractivity contribution in [2.75, 3.05) is 5.32 Å². The number of carbonyl (C=O) groups is 2. The van der Waals surface area contributed by atoms with Gasteiger partial charge in [0.05, 0.1) is 0 Å². The van der Waals surface area contributed by atoms with Crippen molar-refractivity contribution in [3.8, 4) is 0 Å². The molecule has 0 bridgehead atoms. The molecule has 0 saturated carbocycles. The van der Waals surface area contributed by atoms with E-state index in [0.29, 0.717) is 5.69 Å². The molecular formula is C16H18N2O3. The van der Waals surface area contributed by atoms with Gasteiger partial charge in [-0.3, -0.25) is 4.79 Å². The van der Waals surface area contributed by atoms with Crippen molar-refractivity contribution in [3.63, 3.8) is 0 Å². The first kappa shape index (κ1) is 14.8. The van der Waals surface area contributed by atoms with Gasteiger partial charge in [-0.2, -0.15) is 0 Å². The quantitative estimate of drug-likeness (QED) is 0.849. The molecule has 21 heavy (non-hydrogen) atoms. The third kappa shape index (κ3) is 3.51. The van der Waals surface area contributed by atoms with Gasteiger partial charge in [0.25, 0.3) is 5.91 Å². The largest absolute Gasteiger partial charge is 0.448 e. The summed E-state index contributed by atoms with van der Waals surface area (Å²) in [5.74, 6) is -0.906. The smallest absolute Gasteiger partial charge is 0.355 e. The van der Waals surface area contributed by atoms with Gasteiger partial charge < -0.3 is 15.0 Å². The molecule has 0 spiro atoms. The fraction of sp³-hybridized carbons (Fsp3) is 0.250. The predicted octanol–water partition coefficient (Wildman–Crippen LogP) is 2.82. The molecule has 0 fully saturated rings. The molecule has 0 aliphatic carbocycles. The zero-order valence-electron chi connectivity index (χ0n) is 12.3. The second-order valence-corrected chi connectivity index (χ2v) is 4.89. The lowest BCUT2D eigenvalue weighted by atomic mass is 10.1. The Bertz CT molecular complexity index is 627. The number of benzene rings is 1. The topological polar surface area (TPSA) is 71.2 Å². The number of nitrogens with one attached hydrogen (secondary N) is 2. The predicted molar refractivity (Wildman–Crippen MR) is 80.2 cm³/mol. The monoisotopic (exact) mass is 286 g/mol. The molecule has 2 rings (SSSR count). The molecular weight excluding hydrogens is 268 g/mol. The van der Waals surface area contributed by atoms with Gasteiger partial charge in [0.1, 0.15) is 5.69 Å². The third-order valence-electron chi connectivity index (χ3n) is 3.20. The fourth-order valence-electron chi connectivity index (χ4n) is 1.97. The third-order valence-corrected chi connectivity index (χ3v) is 3.20. The fourth-order valence-corrected chi connectivity index (χ4v) is 1.97. The van der Waals surface area contributed by atoms with E-state index in [2.05, 4.69) is 10.3 Å². The van der Waals surface area contributed by atoms with E-state index in [4.69, 9.17) is 4.74 Å². The summed E-state index contributed by atoms with van der Waals surface area (Å²) in [7, 11) is 0. The van der Waals surface area contributed by atoms with Crippen LogP contribution in [0.5, 0.6) is 0 Å². The molecule has 0 aliphatic heterocycles. The van der Waals surface area contributed by atoms with Crippen molar-refractivity contribution in [1.82, 2.24) is 4.98 Å². The number of para-hydroxylation sites is 1. The number of aromatic amines is 1. The minimum absolute atomic E-state index is 0.321. The Morgan fingerprint density at radius 1 is 1.14 bits per heavy atom. The molecule has 1 atom stereocenters. The summed E-state index contributed by atoms with van der Waals surface area (Å²) in [5, 5.41) is 2.80. The summed E-state index contributed by atoms with van der Waals surface area (Å²) < 4.78 is 5.13. The Balaban J connectivity index is 2.01. The second kappa shape index (κ2) is 6.26. The van der Waals surface area contributed by atoms with Crippen LogP contribution in [0.2, 0.25) is 0 Å². The highest BCUT2D eigenvalue weighted by Gasteiger charge is 2.20. The molecule has 5 nitrogen and oxygen atoms in total. The number of aryl methyl sites for hydroxylation is 2. The highest BCUT2D eigenvalue weighted by molar-refractivity contribution is 5.97. The molecule has 0 unspecified atom stereocenters. The number of esters is 1. The van der Waals surface area contributed by atoms with E-state index < -0.39 is 12.1 Å². The molecule has 0 saturated heterocycles. The average Bonchev–Trinajstić information content (AvgIpc) is 2.97. The SMILES string of the molecule is Cc1cccc(C)c1NC(=O)[C@H](C)OC(=O)c1ccc[nH]1. The van der Waals surface area contributed by atoms with Crippen LogP contribution >= 0.6 is 0 Å². The summed E-state index contributed by atoms with van der Waals surface area (Å²) in [5.41, 5.74) is 3.00. The van der Waals surface area contributed by atoms with Gasteiger partial charge in [-0.05, 0) is 44.0 Å². The highest BCUT2D eigenvalue weighted by Crippen LogP contribution is 2.19. The zero-order chi connectivity index (χ0) is 15.4. The maximum Gasteiger partial charge on any atom is 0.355 e. The summed E-state index contributed by atoms with van der Waals surface area (Å²) in [6.07, 6.45) is 0.748. The number of H-pyrrole nitrogens is 1. The normalized spacial score (nSPS) is 11.8. The Morgan fingerprint density at radius 3 is 2.38 bits per heavy atom. The zero-order valence-corrected chi connectivity index (χ0v) is 12.3. The van der Waals surface area contributed by atoms with E-state index >= 15 is 0 Å². The van der Waals surface area contributed by atoms with Crippen molar-refractivity contribution in [2.45, 2.75) is 26.9 Å². The first-order valence-electron chi connectivity index (χ1n) is 6.70. The van der Waals surface area contributed by atoms with E-state index in [9.17, 15) is 9.59 Å². The van der Waals surface area contributed by atoms with Crippen molar-refractivity contribution in [3.05, 3.63) is 53.3 Å². The van der Waals surface area contributed by atoms with Crippen molar-refractivity contribution in [2.24, 2.45) is 0 Å². The Hall–Kier alpha value is -2.56. The molecule has 1 aromatic heterocycles. The van der Waals surface area contributed by atoms with Crippen LogP contribution < -0.4 is 5.32 Å². The Morgan fingerprint density at radius 2 is 1.81 bits per heavy atom. The standard InChI is InChI=1S/C16H18N2O3/c1-10-6-4-7-11(2)14(10)18-15(19)12(3)21-16(20)13-8-5-9-17-13/h4-9,12,17H,1-3H3,(H,18,19)/t12-/m0/s1. The van der Waals surface area contributed by atoms with Gasteiger partial charge in [-0.25, -0.2) is 4.79 Å². The second-order valence-electron chi connectivity index (χ2n) is 4.89. The van der Waals surface area contributed by atoms with Crippen LogP contribution in [0.4, 0.5) is 5.69 Å². The van der Waals surface area contributed by atoms with Crippen LogP contribution in [0.1, 0.15) is 28.5 Å². The van der Waals surface area contributed by atoms with Gasteiger partial charge in [-0.1, -0.05) is 18.2 Å². The van der Waals surface area contributed by atoms with Gasteiger partial charge in [0, 0.05) is 11.9 Å². The maximum atomic E-state index is 12.1. The van der Waals surface area contributed by atoms with E-state index in [0.717, 1.165) is 16.8 Å². The van der Waals surface area contributed by atoms with E-state index in [1.165, 1.54) is 0 Å². The summed E-state index contributed by atoms with van der Waals surface area (Å²) in [6.45, 7) is 5.38. The van der Waals surface area contributed by atoms with Crippen LogP contribution in [0, 0.1) is 13.8 Å². The molecule has 2 aromatic rings. The molecule has 1 heterocycles. The Labute approximate surface area is 123 Å². The number of ether oxygens (including phenoxy) is 1. The maximum absolute atomic E-state index is 12.1. The van der Waals surface area contributed by atoms with Crippen LogP contribution in [0.15, 0.2) is 36.5 Å². The van der Waals surface area contributed by atoms with Gasteiger partial charge >= 0.3 is 5.97 Å². The molecule has 2 N–H and O–H groups in total. The first-order valence-corrected chi connectivity index (χ1v) is 6.70. The minimum atomic E-state index is -0.875. The molecule has 1 amide bonds. The van der Waals surface area contributed by atoms with Crippen molar-refractivity contribution in [1.29, 1.82) is 0 Å². The van der Waals surface area contributed by atoms with Crippen LogP contribution in [-0.2, 0) is 9.53 Å². The lowest BCUT2D eigenvalue weighted by Crippen LogP contribution is -2.30. The van der Waals surface area contributed by atoms with Gasteiger partial charge in [0.2, 0.25) is 0 Å². The Kier molecular flexibility index (Phi) is 4.42. The average molecular weight is 286 g/mol. The molecule has 5 heteroatoms. The number of anilines is 1. The van der Waals surface area contributed by atoms with E-state index in [1.54, 1.807) is 25.3 Å².